The molecular weight excluding hydrogens is 414 g/mol. The van der Waals surface area contributed by atoms with E-state index in [0.717, 1.165) is 21.2 Å². The molecule has 0 atom stereocenters. The Labute approximate surface area is 166 Å². The number of halogens is 2. The Morgan fingerprint density at radius 1 is 0.962 bits per heavy atom. The van der Waals surface area contributed by atoms with Crippen LogP contribution in [0, 0.1) is 0 Å². The van der Waals surface area contributed by atoms with E-state index >= 15 is 0 Å². The van der Waals surface area contributed by atoms with Crippen LogP contribution in [0.1, 0.15) is 5.56 Å². The van der Waals surface area contributed by atoms with Crippen molar-refractivity contribution >= 4 is 33.4 Å². The first kappa shape index (κ1) is 18.5. The second-order valence-corrected chi connectivity index (χ2v) is 6.93. The third-order valence-electron chi connectivity index (χ3n) is 3.83. The topological polar surface area (TPSA) is 38.3 Å². The molecule has 0 heterocycles. The molecule has 0 saturated heterocycles. The zero-order valence-electron chi connectivity index (χ0n) is 13.9. The number of benzene rings is 3. The number of carbonyl (C=O) groups is 1. The monoisotopic (exact) mass is 429 g/mol. The fraction of sp³-hybridized carbons (Fsp3) is 0.0952. The van der Waals surface area contributed by atoms with Crippen LogP contribution >= 0.6 is 27.5 Å². The zero-order chi connectivity index (χ0) is 18.4. The van der Waals surface area contributed by atoms with E-state index in [-0.39, 0.29) is 12.5 Å². The minimum atomic E-state index is -0.205. The molecule has 0 aromatic heterocycles. The predicted molar refractivity (Wildman–Crippen MR) is 108 cm³/mol. The van der Waals surface area contributed by atoms with E-state index in [2.05, 4.69) is 21.2 Å². The quantitative estimate of drug-likeness (QED) is 0.563. The Morgan fingerprint density at radius 2 is 1.69 bits per heavy atom. The molecule has 3 rings (SSSR count). The number of hydrogen-bond donors (Lipinski definition) is 1. The molecule has 1 N–H and O–H groups in total. The SMILES string of the molecule is O=C(COc1ccc(-c2ccccc2)cc1Br)NCc1ccccc1Cl. The molecule has 0 fully saturated rings. The van der Waals surface area contributed by atoms with Gasteiger partial charge in [-0.25, -0.2) is 0 Å². The fourth-order valence-corrected chi connectivity index (χ4v) is 3.15. The lowest BCUT2D eigenvalue weighted by Gasteiger charge is -2.11. The van der Waals surface area contributed by atoms with Crippen molar-refractivity contribution in [2.45, 2.75) is 6.54 Å². The average molecular weight is 431 g/mol. The van der Waals surface area contributed by atoms with E-state index in [0.29, 0.717) is 17.3 Å². The summed E-state index contributed by atoms with van der Waals surface area (Å²) in [6.45, 7) is 0.309. The maximum atomic E-state index is 12.0. The third-order valence-corrected chi connectivity index (χ3v) is 4.82. The fourth-order valence-electron chi connectivity index (χ4n) is 2.46. The van der Waals surface area contributed by atoms with Crippen LogP contribution in [0.3, 0.4) is 0 Å². The average Bonchev–Trinajstić information content (AvgIpc) is 2.67. The van der Waals surface area contributed by atoms with Crippen molar-refractivity contribution in [1.29, 1.82) is 0 Å². The molecule has 0 spiro atoms. The van der Waals surface area contributed by atoms with Crippen LogP contribution in [0.25, 0.3) is 11.1 Å². The van der Waals surface area contributed by atoms with E-state index < -0.39 is 0 Å². The number of amides is 1. The van der Waals surface area contributed by atoms with Gasteiger partial charge in [0, 0.05) is 11.6 Å². The van der Waals surface area contributed by atoms with Crippen molar-refractivity contribution in [3.05, 3.63) is 87.9 Å². The summed E-state index contributed by atoms with van der Waals surface area (Å²) in [4.78, 5) is 12.0. The molecule has 3 aromatic rings. The number of nitrogens with one attached hydrogen (secondary N) is 1. The van der Waals surface area contributed by atoms with Crippen molar-refractivity contribution in [1.82, 2.24) is 5.32 Å². The summed E-state index contributed by atoms with van der Waals surface area (Å²) in [6.07, 6.45) is 0. The molecule has 0 aliphatic heterocycles. The number of ether oxygens (including phenoxy) is 1. The van der Waals surface area contributed by atoms with Crippen LogP contribution in [0.15, 0.2) is 77.3 Å². The van der Waals surface area contributed by atoms with Gasteiger partial charge in [-0.3, -0.25) is 4.79 Å². The van der Waals surface area contributed by atoms with Crippen LogP contribution in [-0.4, -0.2) is 12.5 Å². The van der Waals surface area contributed by atoms with Crippen LogP contribution in [0.5, 0.6) is 5.75 Å². The highest BCUT2D eigenvalue weighted by Crippen LogP contribution is 2.30. The standard InChI is InChI=1S/C21H17BrClNO2/c22-18-12-16(15-6-2-1-3-7-15)10-11-20(18)26-14-21(25)24-13-17-8-4-5-9-19(17)23/h1-12H,13-14H2,(H,24,25). The highest BCUT2D eigenvalue weighted by molar-refractivity contribution is 9.10. The van der Waals surface area contributed by atoms with Gasteiger partial charge in [-0.15, -0.1) is 0 Å². The molecule has 0 saturated carbocycles. The van der Waals surface area contributed by atoms with Gasteiger partial charge >= 0.3 is 0 Å². The summed E-state index contributed by atoms with van der Waals surface area (Å²) in [6, 6.07) is 23.3. The van der Waals surface area contributed by atoms with Crippen LogP contribution in [0.2, 0.25) is 5.02 Å². The Kier molecular flexibility index (Phi) is 6.31. The first-order valence-corrected chi connectivity index (χ1v) is 9.28. The second kappa shape index (κ2) is 8.88. The van der Waals surface area contributed by atoms with E-state index in [4.69, 9.17) is 16.3 Å². The number of rotatable bonds is 6. The lowest BCUT2D eigenvalue weighted by molar-refractivity contribution is -0.123. The lowest BCUT2D eigenvalue weighted by atomic mass is 10.1. The molecule has 3 aromatic carbocycles. The molecule has 0 aliphatic rings. The molecule has 0 radical (unpaired) electrons. The first-order valence-electron chi connectivity index (χ1n) is 8.11. The minimum absolute atomic E-state index is 0.0618. The smallest absolute Gasteiger partial charge is 0.258 e. The summed E-state index contributed by atoms with van der Waals surface area (Å²) < 4.78 is 6.42. The van der Waals surface area contributed by atoms with Crippen molar-refractivity contribution < 1.29 is 9.53 Å². The summed E-state index contributed by atoms with van der Waals surface area (Å²) in [5.41, 5.74) is 3.07. The van der Waals surface area contributed by atoms with Crippen molar-refractivity contribution in [3.8, 4) is 16.9 Å². The van der Waals surface area contributed by atoms with Crippen molar-refractivity contribution in [3.63, 3.8) is 0 Å². The van der Waals surface area contributed by atoms with Gasteiger partial charge in [0.25, 0.3) is 5.91 Å². The first-order chi connectivity index (χ1) is 12.6. The largest absolute Gasteiger partial charge is 0.483 e. The van der Waals surface area contributed by atoms with Crippen LogP contribution < -0.4 is 10.1 Å². The molecular formula is C21H17BrClNO2. The molecule has 0 bridgehead atoms. The molecule has 26 heavy (non-hydrogen) atoms. The lowest BCUT2D eigenvalue weighted by Crippen LogP contribution is -2.28. The highest BCUT2D eigenvalue weighted by Gasteiger charge is 2.08. The molecule has 3 nitrogen and oxygen atoms in total. The number of hydrogen-bond acceptors (Lipinski definition) is 2. The van der Waals surface area contributed by atoms with Crippen LogP contribution in [0.4, 0.5) is 0 Å². The summed E-state index contributed by atoms with van der Waals surface area (Å²) in [5.74, 6) is 0.418. The van der Waals surface area contributed by atoms with Gasteiger partial charge in [0.1, 0.15) is 5.75 Å². The van der Waals surface area contributed by atoms with Gasteiger partial charge in [-0.05, 0) is 50.8 Å². The van der Waals surface area contributed by atoms with E-state index in [1.54, 1.807) is 6.07 Å². The van der Waals surface area contributed by atoms with Gasteiger partial charge in [0.15, 0.2) is 6.61 Å². The Balaban J connectivity index is 1.56. The minimum Gasteiger partial charge on any atom is -0.483 e. The van der Waals surface area contributed by atoms with Gasteiger partial charge in [0.2, 0.25) is 0 Å². The molecule has 1 amide bonds. The normalized spacial score (nSPS) is 10.4. The summed E-state index contributed by atoms with van der Waals surface area (Å²) in [5, 5.41) is 3.44. The molecule has 0 aliphatic carbocycles. The zero-order valence-corrected chi connectivity index (χ0v) is 16.3. The van der Waals surface area contributed by atoms with E-state index in [1.165, 1.54) is 0 Å². The van der Waals surface area contributed by atoms with Gasteiger partial charge in [-0.1, -0.05) is 66.2 Å². The maximum absolute atomic E-state index is 12.0. The summed E-state index contributed by atoms with van der Waals surface area (Å²) >= 11 is 9.58. The Morgan fingerprint density at radius 3 is 2.42 bits per heavy atom. The Bertz CT molecular complexity index is 900. The van der Waals surface area contributed by atoms with Gasteiger partial charge in [-0.2, -0.15) is 0 Å². The van der Waals surface area contributed by atoms with Crippen molar-refractivity contribution in [2.75, 3.05) is 6.61 Å². The molecule has 132 valence electrons. The van der Waals surface area contributed by atoms with Gasteiger partial charge in [0.05, 0.1) is 4.47 Å². The molecule has 0 unspecified atom stereocenters. The number of carbonyl (C=O) groups excluding carboxylic acids is 1. The van der Waals surface area contributed by atoms with Gasteiger partial charge < -0.3 is 10.1 Å². The third kappa shape index (κ3) is 4.87. The second-order valence-electron chi connectivity index (χ2n) is 5.67. The van der Waals surface area contributed by atoms with E-state index in [1.807, 2.05) is 66.7 Å². The van der Waals surface area contributed by atoms with E-state index in [9.17, 15) is 4.79 Å². The molecule has 5 heteroatoms. The highest BCUT2D eigenvalue weighted by atomic mass is 79.9. The van der Waals surface area contributed by atoms with Crippen molar-refractivity contribution in [2.24, 2.45) is 0 Å². The Hall–Kier alpha value is -2.30. The predicted octanol–water partition coefficient (Wildman–Crippen LogP) is 5.46. The van der Waals surface area contributed by atoms with Crippen LogP contribution in [-0.2, 0) is 11.3 Å². The maximum Gasteiger partial charge on any atom is 0.258 e. The summed E-state index contributed by atoms with van der Waals surface area (Å²) in [7, 11) is 0.